The molecular weight excluding hydrogens is 435 g/mol. The first-order chi connectivity index (χ1) is 15.6. The number of halogens is 3. The molecule has 1 aliphatic heterocycles. The number of hydrogen-bond acceptors (Lipinski definition) is 5. The molecule has 0 spiro atoms. The minimum absolute atomic E-state index is 0.0241. The summed E-state index contributed by atoms with van der Waals surface area (Å²) in [7, 11) is 0. The summed E-state index contributed by atoms with van der Waals surface area (Å²) in [6.45, 7) is 2.76. The first-order valence-electron chi connectivity index (χ1n) is 10.6. The van der Waals surface area contributed by atoms with E-state index in [0.29, 0.717) is 43.8 Å². The Kier molecular flexibility index (Phi) is 6.16. The van der Waals surface area contributed by atoms with E-state index in [0.717, 1.165) is 17.7 Å². The number of nitrogens with zero attached hydrogens (tertiary/aromatic N) is 2. The van der Waals surface area contributed by atoms with Crippen molar-refractivity contribution >= 4 is 17.3 Å². The molecule has 1 fully saturated rings. The van der Waals surface area contributed by atoms with Gasteiger partial charge in [0.15, 0.2) is 5.76 Å². The maximum absolute atomic E-state index is 13.4. The summed E-state index contributed by atoms with van der Waals surface area (Å²) < 4.78 is 45.8. The normalized spacial score (nSPS) is 19.2. The Morgan fingerprint density at radius 3 is 2.61 bits per heavy atom. The van der Waals surface area contributed by atoms with Crippen LogP contribution < -0.4 is 10.2 Å². The molecule has 174 valence electrons. The summed E-state index contributed by atoms with van der Waals surface area (Å²) in [5.74, 6) is -0.233. The second-order valence-corrected chi connectivity index (χ2v) is 8.42. The standard InChI is InChI=1S/C24H24F3N3O3/c1-23(32)9-2-13-30(14-10-23)19-4-3-17(24(25,26)27)15-18(19)29-22(31)21-6-5-20(33-21)16-7-11-28-12-8-16/h3-8,11-12,15,32H,2,9-10,13-14H2,1H3,(H,29,31)/t23-/m0/s1. The van der Waals surface area contributed by atoms with Crippen LogP contribution in [0.25, 0.3) is 11.3 Å². The minimum Gasteiger partial charge on any atom is -0.451 e. The van der Waals surface area contributed by atoms with Crippen molar-refractivity contribution < 1.29 is 27.5 Å². The number of nitrogens with one attached hydrogen (secondary N) is 1. The Hall–Kier alpha value is -3.33. The number of rotatable bonds is 4. The molecule has 0 unspecified atom stereocenters. The molecule has 1 aliphatic rings. The SMILES string of the molecule is C[C@]1(O)CCCN(c2ccc(C(F)(F)F)cc2NC(=O)c2ccc(-c3ccncc3)o2)CC1. The van der Waals surface area contributed by atoms with E-state index in [1.807, 2.05) is 4.90 Å². The monoisotopic (exact) mass is 459 g/mol. The zero-order chi connectivity index (χ0) is 23.6. The van der Waals surface area contributed by atoms with Gasteiger partial charge in [-0.3, -0.25) is 9.78 Å². The number of amides is 1. The van der Waals surface area contributed by atoms with E-state index in [2.05, 4.69) is 10.3 Å². The van der Waals surface area contributed by atoms with E-state index in [1.54, 1.807) is 37.5 Å². The fourth-order valence-corrected chi connectivity index (χ4v) is 3.91. The molecule has 6 nitrogen and oxygen atoms in total. The second-order valence-electron chi connectivity index (χ2n) is 8.42. The van der Waals surface area contributed by atoms with Gasteiger partial charge in [0.1, 0.15) is 5.76 Å². The molecule has 2 aromatic heterocycles. The molecule has 0 aliphatic carbocycles. The van der Waals surface area contributed by atoms with Crippen molar-refractivity contribution in [1.82, 2.24) is 4.98 Å². The Morgan fingerprint density at radius 2 is 1.88 bits per heavy atom. The van der Waals surface area contributed by atoms with Crippen LogP contribution in [0, 0.1) is 0 Å². The van der Waals surface area contributed by atoms with Gasteiger partial charge in [-0.25, -0.2) is 0 Å². The van der Waals surface area contributed by atoms with Crippen molar-refractivity contribution in [2.75, 3.05) is 23.3 Å². The number of carbonyl (C=O) groups is 1. The van der Waals surface area contributed by atoms with Crippen LogP contribution in [0.4, 0.5) is 24.5 Å². The Morgan fingerprint density at radius 1 is 1.12 bits per heavy atom. The molecule has 3 aromatic rings. The molecule has 1 amide bonds. The molecule has 3 heterocycles. The maximum atomic E-state index is 13.4. The Labute approximate surface area is 189 Å². The maximum Gasteiger partial charge on any atom is 0.416 e. The first-order valence-corrected chi connectivity index (χ1v) is 10.6. The van der Waals surface area contributed by atoms with Crippen molar-refractivity contribution in [3.8, 4) is 11.3 Å². The highest BCUT2D eigenvalue weighted by Crippen LogP contribution is 2.37. The number of hydrogen-bond donors (Lipinski definition) is 2. The third-order valence-electron chi connectivity index (χ3n) is 5.77. The molecule has 33 heavy (non-hydrogen) atoms. The topological polar surface area (TPSA) is 78.6 Å². The third kappa shape index (κ3) is 5.36. The molecule has 1 aromatic carbocycles. The number of alkyl halides is 3. The van der Waals surface area contributed by atoms with Crippen molar-refractivity contribution in [2.24, 2.45) is 0 Å². The van der Waals surface area contributed by atoms with Gasteiger partial charge in [-0.1, -0.05) is 0 Å². The Balaban J connectivity index is 1.62. The number of aliphatic hydroxyl groups is 1. The van der Waals surface area contributed by atoms with Gasteiger partial charge in [-0.15, -0.1) is 0 Å². The van der Waals surface area contributed by atoms with Crippen molar-refractivity contribution in [2.45, 2.75) is 38.0 Å². The van der Waals surface area contributed by atoms with Crippen LogP contribution in [0.15, 0.2) is 59.3 Å². The number of pyridine rings is 1. The van der Waals surface area contributed by atoms with Gasteiger partial charge in [0, 0.05) is 31.0 Å². The van der Waals surface area contributed by atoms with Crippen molar-refractivity contribution in [3.63, 3.8) is 0 Å². The number of carbonyl (C=O) groups excluding carboxylic acids is 1. The molecule has 1 saturated heterocycles. The van der Waals surface area contributed by atoms with Crippen LogP contribution in [0.3, 0.4) is 0 Å². The van der Waals surface area contributed by atoms with Crippen molar-refractivity contribution in [3.05, 3.63) is 66.2 Å². The highest BCUT2D eigenvalue weighted by molar-refractivity contribution is 6.04. The largest absolute Gasteiger partial charge is 0.451 e. The summed E-state index contributed by atoms with van der Waals surface area (Å²) in [6, 6.07) is 9.84. The third-order valence-corrected chi connectivity index (χ3v) is 5.77. The van der Waals surface area contributed by atoms with E-state index in [1.165, 1.54) is 12.1 Å². The second kappa shape index (κ2) is 8.90. The molecule has 2 N–H and O–H groups in total. The predicted octanol–water partition coefficient (Wildman–Crippen LogP) is 5.35. The van der Waals surface area contributed by atoms with Crippen LogP contribution in [0.2, 0.25) is 0 Å². The fraction of sp³-hybridized carbons (Fsp3) is 0.333. The van der Waals surface area contributed by atoms with E-state index < -0.39 is 23.2 Å². The van der Waals surface area contributed by atoms with E-state index in [9.17, 15) is 23.1 Å². The van der Waals surface area contributed by atoms with Crippen LogP contribution in [-0.4, -0.2) is 34.7 Å². The number of furan rings is 1. The average molecular weight is 459 g/mol. The van der Waals surface area contributed by atoms with Gasteiger partial charge in [-0.05, 0) is 68.7 Å². The molecule has 0 saturated carbocycles. The van der Waals surface area contributed by atoms with Crippen molar-refractivity contribution in [1.29, 1.82) is 0 Å². The summed E-state index contributed by atoms with van der Waals surface area (Å²) in [5.41, 5.74) is -0.462. The summed E-state index contributed by atoms with van der Waals surface area (Å²) in [4.78, 5) is 18.7. The van der Waals surface area contributed by atoms with Gasteiger partial charge in [0.25, 0.3) is 5.91 Å². The smallest absolute Gasteiger partial charge is 0.416 e. The predicted molar refractivity (Wildman–Crippen MR) is 118 cm³/mol. The van der Waals surface area contributed by atoms with Crippen LogP contribution in [0.5, 0.6) is 0 Å². The van der Waals surface area contributed by atoms with E-state index in [-0.39, 0.29) is 11.4 Å². The molecule has 0 bridgehead atoms. The lowest BCUT2D eigenvalue weighted by atomic mass is 9.98. The molecule has 9 heteroatoms. The summed E-state index contributed by atoms with van der Waals surface area (Å²) in [6.07, 6.45) is 0.357. The fourth-order valence-electron chi connectivity index (χ4n) is 3.91. The molecule has 1 atom stereocenters. The van der Waals surface area contributed by atoms with Gasteiger partial charge in [-0.2, -0.15) is 13.2 Å². The highest BCUT2D eigenvalue weighted by Gasteiger charge is 2.32. The molecule has 0 radical (unpaired) electrons. The molecular formula is C24H24F3N3O3. The van der Waals surface area contributed by atoms with Gasteiger partial charge in [0.2, 0.25) is 0 Å². The lowest BCUT2D eigenvalue weighted by molar-refractivity contribution is -0.137. The van der Waals surface area contributed by atoms with Crippen LogP contribution in [0.1, 0.15) is 42.3 Å². The van der Waals surface area contributed by atoms with Gasteiger partial charge in [0.05, 0.1) is 22.5 Å². The van der Waals surface area contributed by atoms with E-state index >= 15 is 0 Å². The highest BCUT2D eigenvalue weighted by atomic mass is 19.4. The average Bonchev–Trinajstić information content (AvgIpc) is 3.19. The lowest BCUT2D eigenvalue weighted by Crippen LogP contribution is -2.29. The summed E-state index contributed by atoms with van der Waals surface area (Å²) in [5, 5.41) is 13.0. The van der Waals surface area contributed by atoms with Crippen LogP contribution in [-0.2, 0) is 6.18 Å². The van der Waals surface area contributed by atoms with Crippen LogP contribution >= 0.6 is 0 Å². The minimum atomic E-state index is -4.56. The quantitative estimate of drug-likeness (QED) is 0.550. The van der Waals surface area contributed by atoms with Gasteiger partial charge < -0.3 is 19.7 Å². The summed E-state index contributed by atoms with van der Waals surface area (Å²) >= 11 is 0. The number of aromatic nitrogens is 1. The number of benzene rings is 1. The van der Waals surface area contributed by atoms with E-state index in [4.69, 9.17) is 4.42 Å². The molecule has 4 rings (SSSR count). The Bertz CT molecular complexity index is 1130. The van der Waals surface area contributed by atoms with Gasteiger partial charge >= 0.3 is 6.18 Å². The first kappa shape index (κ1) is 22.8. The number of anilines is 2. The lowest BCUT2D eigenvalue weighted by Gasteiger charge is -2.27. The zero-order valence-corrected chi connectivity index (χ0v) is 18.0. The zero-order valence-electron chi connectivity index (χ0n) is 18.0.